The maximum Gasteiger partial charge on any atom is 0.336 e. The van der Waals surface area contributed by atoms with Crippen LogP contribution in [0.2, 0.25) is 0 Å². The van der Waals surface area contributed by atoms with Gasteiger partial charge in [0.05, 0.1) is 35.3 Å². The summed E-state index contributed by atoms with van der Waals surface area (Å²) in [5.41, 5.74) is 37.7. The molecule has 0 saturated carbocycles. The standard InChI is InChI=1S/C16H15N3O2S.C12H14N4O3S.C10H9N3O3S/c1-8-7-10(13(20)9-5-3-2-4-6-9)11-12(17)14(15(18)21)22-16(11)19-8;1-5-4-6(12(18)16(2)19-3)7-8(13)9(10(14)17)20-11(7)15-5;1-3-2-4(10(15)16)5-6(11)7(8(12)14)17-9(5)13-3/h2-7,13,20H,17H2,1H3,(H2,18,21);4H,13H2,1-3H3,(H2,14,17);2H,11H2,1H3,(H2,12,14)(H,15,16). The maximum absolute atomic E-state index is 12.3. The number of nitrogens with two attached hydrogens (primary N) is 6. The van der Waals surface area contributed by atoms with Crippen molar-refractivity contribution >= 4 is 111 Å². The van der Waals surface area contributed by atoms with E-state index in [1.807, 2.05) is 37.3 Å². The van der Waals surface area contributed by atoms with Crippen LogP contribution in [0.15, 0.2) is 48.5 Å². The summed E-state index contributed by atoms with van der Waals surface area (Å²) in [4.78, 5) is 77.2. The Balaban J connectivity index is 0.000000170. The first-order valence-corrected chi connectivity index (χ1v) is 19.5. The number of aromatic carboxylic acids is 1. The van der Waals surface area contributed by atoms with E-state index in [4.69, 9.17) is 44.3 Å². The zero-order valence-electron chi connectivity index (χ0n) is 32.0. The quantitative estimate of drug-likeness (QED) is 0.0990. The van der Waals surface area contributed by atoms with E-state index in [1.165, 1.54) is 20.2 Å². The number of aliphatic hydroxyl groups is 1. The fourth-order valence-electron chi connectivity index (χ4n) is 5.94. The van der Waals surface area contributed by atoms with Crippen molar-refractivity contribution in [3.63, 3.8) is 0 Å². The van der Waals surface area contributed by atoms with Gasteiger partial charge in [-0.3, -0.25) is 24.0 Å². The lowest BCUT2D eigenvalue weighted by Gasteiger charge is -2.14. The van der Waals surface area contributed by atoms with E-state index >= 15 is 0 Å². The molecule has 6 heterocycles. The number of aryl methyl sites for hydroxylation is 3. The number of hydrogen-bond donors (Lipinski definition) is 8. The number of rotatable bonds is 8. The third-order valence-electron chi connectivity index (χ3n) is 8.61. The first-order chi connectivity index (χ1) is 27.8. The minimum Gasteiger partial charge on any atom is -0.478 e. The van der Waals surface area contributed by atoms with Crippen LogP contribution in [0.3, 0.4) is 0 Å². The number of anilines is 3. The number of amides is 4. The number of carbonyl (C=O) groups is 5. The number of hydroxylamine groups is 2. The highest BCUT2D eigenvalue weighted by Gasteiger charge is 2.25. The second kappa shape index (κ2) is 17.4. The molecule has 59 heavy (non-hydrogen) atoms. The zero-order chi connectivity index (χ0) is 43.6. The van der Waals surface area contributed by atoms with E-state index in [0.717, 1.165) is 50.3 Å². The average molecular weight is 859 g/mol. The lowest BCUT2D eigenvalue weighted by atomic mass is 9.98. The molecule has 18 nitrogen and oxygen atoms in total. The molecule has 306 valence electrons. The highest BCUT2D eigenvalue weighted by molar-refractivity contribution is 7.22. The van der Waals surface area contributed by atoms with E-state index in [9.17, 15) is 29.1 Å². The first kappa shape index (κ1) is 43.3. The van der Waals surface area contributed by atoms with Gasteiger partial charge in [-0.15, -0.1) is 34.0 Å². The molecule has 0 spiro atoms. The van der Waals surface area contributed by atoms with E-state index < -0.39 is 29.8 Å². The predicted molar refractivity (Wildman–Crippen MR) is 228 cm³/mol. The van der Waals surface area contributed by atoms with Crippen molar-refractivity contribution in [1.82, 2.24) is 20.0 Å². The molecule has 6 aromatic heterocycles. The van der Waals surface area contributed by atoms with Gasteiger partial charge >= 0.3 is 5.97 Å². The molecule has 7 rings (SSSR count). The Morgan fingerprint density at radius 1 is 0.661 bits per heavy atom. The molecule has 14 N–H and O–H groups in total. The minimum absolute atomic E-state index is 0.0359. The van der Waals surface area contributed by atoms with Crippen molar-refractivity contribution in [3.05, 3.63) is 102 Å². The van der Waals surface area contributed by atoms with Crippen LogP contribution in [0, 0.1) is 20.8 Å². The van der Waals surface area contributed by atoms with Gasteiger partial charge < -0.3 is 44.6 Å². The SMILES string of the molecule is CON(C)C(=O)c1cc(C)nc2sc(C(N)=O)c(N)c12.Cc1cc(C(=O)O)c2c(N)c(C(N)=O)sc2n1.Cc1cc(C(O)c2ccccc2)c2c(N)c(C(N)=O)sc2n1. The Labute approximate surface area is 347 Å². The van der Waals surface area contributed by atoms with Crippen molar-refractivity contribution in [2.24, 2.45) is 17.2 Å². The summed E-state index contributed by atoms with van der Waals surface area (Å²) >= 11 is 3.23. The number of primary amides is 3. The fourth-order valence-corrected chi connectivity index (χ4v) is 9.00. The Bertz CT molecular complexity index is 2820. The molecule has 1 aromatic carbocycles. The van der Waals surface area contributed by atoms with Gasteiger partial charge in [0.1, 0.15) is 35.2 Å². The molecular weight excluding hydrogens is 821 g/mol. The summed E-state index contributed by atoms with van der Waals surface area (Å²) in [6, 6.07) is 14.1. The van der Waals surface area contributed by atoms with Crippen LogP contribution in [0.25, 0.3) is 30.6 Å². The van der Waals surface area contributed by atoms with Crippen LogP contribution >= 0.6 is 34.0 Å². The van der Waals surface area contributed by atoms with Crippen LogP contribution in [-0.4, -0.2) is 74.0 Å². The van der Waals surface area contributed by atoms with Crippen LogP contribution in [-0.2, 0) is 4.84 Å². The molecule has 21 heteroatoms. The van der Waals surface area contributed by atoms with Gasteiger partial charge in [0.2, 0.25) is 0 Å². The number of nitrogen functional groups attached to an aromatic ring is 3. The van der Waals surface area contributed by atoms with Gasteiger partial charge in [-0.25, -0.2) is 24.8 Å². The van der Waals surface area contributed by atoms with Gasteiger partial charge in [-0.2, -0.15) is 0 Å². The number of aliphatic hydroxyl groups excluding tert-OH is 1. The Hall–Kier alpha value is -6.78. The monoisotopic (exact) mass is 858 g/mol. The highest BCUT2D eigenvalue weighted by atomic mass is 32.1. The Kier molecular flexibility index (Phi) is 12.8. The van der Waals surface area contributed by atoms with Gasteiger partial charge in [0, 0.05) is 40.3 Å². The molecule has 0 aliphatic rings. The third-order valence-corrected chi connectivity index (χ3v) is 12.0. The fraction of sp³-hybridized carbons (Fsp3) is 0.158. The van der Waals surface area contributed by atoms with Crippen molar-refractivity contribution in [2.75, 3.05) is 31.4 Å². The van der Waals surface area contributed by atoms with Gasteiger partial charge in [-0.1, -0.05) is 30.3 Å². The van der Waals surface area contributed by atoms with Crippen LogP contribution in [0.1, 0.15) is 84.0 Å². The number of aromatic nitrogens is 3. The van der Waals surface area contributed by atoms with E-state index in [0.29, 0.717) is 47.8 Å². The van der Waals surface area contributed by atoms with Gasteiger partial charge in [0.25, 0.3) is 23.6 Å². The number of fused-ring (bicyclic) bond motifs is 3. The molecule has 0 aliphatic heterocycles. The Morgan fingerprint density at radius 3 is 1.47 bits per heavy atom. The molecule has 0 fully saturated rings. The number of carboxylic acid groups (broad SMARTS) is 1. The lowest BCUT2D eigenvalue weighted by molar-refractivity contribution is -0.0755. The van der Waals surface area contributed by atoms with Crippen molar-refractivity contribution in [1.29, 1.82) is 0 Å². The zero-order valence-corrected chi connectivity index (χ0v) is 34.5. The summed E-state index contributed by atoms with van der Waals surface area (Å²) in [5, 5.41) is 22.2. The summed E-state index contributed by atoms with van der Waals surface area (Å²) in [7, 11) is 2.87. The second-order valence-electron chi connectivity index (χ2n) is 12.7. The minimum atomic E-state index is -1.11. The van der Waals surface area contributed by atoms with Gasteiger partial charge in [-0.05, 0) is 50.1 Å². The second-order valence-corrected chi connectivity index (χ2v) is 15.7. The molecule has 0 saturated heterocycles. The molecule has 4 amide bonds. The van der Waals surface area contributed by atoms with E-state index in [1.54, 1.807) is 26.0 Å². The topological polar surface area (TPSA) is 333 Å². The molecular formula is C38H38N10O8S3. The number of thiophene rings is 3. The molecule has 0 radical (unpaired) electrons. The molecule has 0 aliphatic carbocycles. The summed E-state index contributed by atoms with van der Waals surface area (Å²) in [6.45, 7) is 5.26. The number of carboxylic acids is 1. The van der Waals surface area contributed by atoms with Crippen molar-refractivity contribution < 1.29 is 39.0 Å². The molecule has 1 atom stereocenters. The highest BCUT2D eigenvalue weighted by Crippen LogP contribution is 2.39. The van der Waals surface area contributed by atoms with Gasteiger partial charge in [0.15, 0.2) is 0 Å². The maximum atomic E-state index is 12.3. The number of nitrogens with zero attached hydrogens (tertiary/aromatic N) is 4. The molecule has 7 aromatic rings. The number of benzene rings is 1. The third kappa shape index (κ3) is 8.73. The molecule has 1 unspecified atom stereocenters. The van der Waals surface area contributed by atoms with Crippen LogP contribution < -0.4 is 34.4 Å². The number of hydrogen-bond acceptors (Lipinski definition) is 16. The first-order valence-electron chi connectivity index (χ1n) is 17.0. The Morgan fingerprint density at radius 2 is 1.05 bits per heavy atom. The number of carbonyl (C=O) groups excluding carboxylic acids is 4. The van der Waals surface area contributed by atoms with Crippen molar-refractivity contribution in [3.8, 4) is 0 Å². The number of pyridine rings is 3. The molecule has 0 bridgehead atoms. The van der Waals surface area contributed by atoms with Crippen molar-refractivity contribution in [2.45, 2.75) is 26.9 Å². The lowest BCUT2D eigenvalue weighted by Crippen LogP contribution is -2.25. The average Bonchev–Trinajstić information content (AvgIpc) is 3.83. The smallest absolute Gasteiger partial charge is 0.336 e. The summed E-state index contributed by atoms with van der Waals surface area (Å²) in [6.07, 6.45) is -0.844. The normalized spacial score (nSPS) is 11.4. The summed E-state index contributed by atoms with van der Waals surface area (Å²) < 4.78 is 0. The van der Waals surface area contributed by atoms with Crippen LogP contribution in [0.4, 0.5) is 17.1 Å². The van der Waals surface area contributed by atoms with E-state index in [2.05, 4.69) is 15.0 Å². The summed E-state index contributed by atoms with van der Waals surface area (Å²) in [5.74, 6) is -3.39. The van der Waals surface area contributed by atoms with E-state index in [-0.39, 0.29) is 48.6 Å². The predicted octanol–water partition coefficient (Wildman–Crippen LogP) is 4.27. The largest absolute Gasteiger partial charge is 0.478 e. The van der Waals surface area contributed by atoms with Crippen LogP contribution in [0.5, 0.6) is 0 Å².